The van der Waals surface area contributed by atoms with Crippen molar-refractivity contribution in [3.05, 3.63) is 42.2 Å². The molecule has 4 nitrogen and oxygen atoms in total. The summed E-state index contributed by atoms with van der Waals surface area (Å²) in [5, 5.41) is 5.88. The molecular weight excluding hydrogens is 252 g/mol. The Labute approximate surface area is 119 Å². The van der Waals surface area contributed by atoms with Gasteiger partial charge in [0.25, 0.3) is 0 Å². The molecule has 1 atom stereocenters. The Morgan fingerprint density at radius 2 is 2.30 bits per heavy atom. The highest BCUT2D eigenvalue weighted by atomic mass is 16.5. The summed E-state index contributed by atoms with van der Waals surface area (Å²) in [5.41, 5.74) is 1.12. The zero-order valence-electron chi connectivity index (χ0n) is 11.8. The fourth-order valence-corrected chi connectivity index (χ4v) is 2.64. The first-order chi connectivity index (χ1) is 9.81. The molecule has 0 radical (unpaired) electrons. The van der Waals surface area contributed by atoms with Crippen LogP contribution in [-0.4, -0.2) is 37.5 Å². The van der Waals surface area contributed by atoms with Crippen molar-refractivity contribution in [1.82, 2.24) is 10.3 Å². The van der Waals surface area contributed by atoms with Crippen molar-refractivity contribution >= 4 is 10.8 Å². The number of ether oxygens (including phenoxy) is 2. The van der Waals surface area contributed by atoms with Crippen LogP contribution in [0.15, 0.2) is 36.7 Å². The number of hydrogen-bond donors (Lipinski definition) is 1. The normalized spacial score (nSPS) is 22.4. The van der Waals surface area contributed by atoms with E-state index in [0.717, 1.165) is 26.1 Å². The summed E-state index contributed by atoms with van der Waals surface area (Å²) >= 11 is 0. The molecule has 20 heavy (non-hydrogen) atoms. The molecule has 2 heterocycles. The minimum atomic E-state index is -0.152. The molecule has 1 unspecified atom stereocenters. The van der Waals surface area contributed by atoms with Crippen LogP contribution in [0.3, 0.4) is 0 Å². The lowest BCUT2D eigenvalue weighted by Gasteiger charge is -2.26. The Bertz CT molecular complexity index is 579. The van der Waals surface area contributed by atoms with Crippen LogP contribution in [0.2, 0.25) is 0 Å². The predicted molar refractivity (Wildman–Crippen MR) is 78.6 cm³/mol. The van der Waals surface area contributed by atoms with Crippen LogP contribution in [0.4, 0.5) is 0 Å². The molecule has 1 saturated heterocycles. The summed E-state index contributed by atoms with van der Waals surface area (Å²) < 4.78 is 11.1. The molecule has 0 saturated carbocycles. The molecule has 0 spiro atoms. The van der Waals surface area contributed by atoms with E-state index >= 15 is 0 Å². The van der Waals surface area contributed by atoms with Crippen LogP contribution in [0.5, 0.6) is 0 Å². The molecule has 4 heteroatoms. The number of benzene rings is 1. The fraction of sp³-hybridized carbons (Fsp3) is 0.438. The minimum absolute atomic E-state index is 0.152. The van der Waals surface area contributed by atoms with Crippen molar-refractivity contribution in [2.45, 2.75) is 18.6 Å². The fourth-order valence-electron chi connectivity index (χ4n) is 2.64. The van der Waals surface area contributed by atoms with Gasteiger partial charge in [-0.1, -0.05) is 12.1 Å². The quantitative estimate of drug-likeness (QED) is 0.905. The highest BCUT2D eigenvalue weighted by Gasteiger charge is 2.34. The van der Waals surface area contributed by atoms with E-state index in [-0.39, 0.29) is 5.60 Å². The van der Waals surface area contributed by atoms with Gasteiger partial charge in [-0.25, -0.2) is 0 Å². The van der Waals surface area contributed by atoms with Crippen molar-refractivity contribution in [3.8, 4) is 0 Å². The van der Waals surface area contributed by atoms with Gasteiger partial charge < -0.3 is 14.8 Å². The Hall–Kier alpha value is -1.49. The van der Waals surface area contributed by atoms with Crippen LogP contribution in [0, 0.1) is 0 Å². The van der Waals surface area contributed by atoms with Crippen molar-refractivity contribution in [2.75, 3.05) is 26.9 Å². The van der Waals surface area contributed by atoms with Gasteiger partial charge in [0.05, 0.1) is 6.61 Å². The lowest BCUT2D eigenvalue weighted by atomic mass is 10.0. The topological polar surface area (TPSA) is 43.4 Å². The van der Waals surface area contributed by atoms with Crippen LogP contribution in [0.1, 0.15) is 12.0 Å². The first-order valence-corrected chi connectivity index (χ1v) is 6.98. The Balaban J connectivity index is 1.62. The molecule has 1 aliphatic heterocycles. The van der Waals surface area contributed by atoms with E-state index in [4.69, 9.17) is 9.47 Å². The summed E-state index contributed by atoms with van der Waals surface area (Å²) in [7, 11) is 1.76. The Morgan fingerprint density at radius 3 is 3.10 bits per heavy atom. The zero-order valence-corrected chi connectivity index (χ0v) is 11.8. The van der Waals surface area contributed by atoms with Gasteiger partial charge >= 0.3 is 0 Å². The van der Waals surface area contributed by atoms with Crippen molar-refractivity contribution in [3.63, 3.8) is 0 Å². The molecule has 1 aromatic carbocycles. The van der Waals surface area contributed by atoms with Crippen LogP contribution in [-0.2, 0) is 16.0 Å². The largest absolute Gasteiger partial charge is 0.378 e. The van der Waals surface area contributed by atoms with E-state index in [2.05, 4.69) is 28.5 Å². The number of pyridine rings is 1. The molecule has 1 fully saturated rings. The lowest BCUT2D eigenvalue weighted by molar-refractivity contribution is -0.0159. The van der Waals surface area contributed by atoms with Gasteiger partial charge in [-0.2, -0.15) is 0 Å². The molecule has 0 aliphatic carbocycles. The third-order valence-corrected chi connectivity index (χ3v) is 3.98. The number of hydrogen-bond acceptors (Lipinski definition) is 4. The molecule has 1 aromatic heterocycles. The maximum atomic E-state index is 5.61. The van der Waals surface area contributed by atoms with E-state index in [1.54, 1.807) is 7.11 Å². The van der Waals surface area contributed by atoms with E-state index in [0.29, 0.717) is 6.61 Å². The van der Waals surface area contributed by atoms with E-state index in [1.807, 2.05) is 18.5 Å². The summed E-state index contributed by atoms with van der Waals surface area (Å²) in [4.78, 5) is 4.13. The molecule has 2 aromatic rings. The summed E-state index contributed by atoms with van der Waals surface area (Å²) in [6, 6.07) is 8.50. The van der Waals surface area contributed by atoms with Gasteiger partial charge in [-0.05, 0) is 23.1 Å². The number of fused-ring (bicyclic) bond motifs is 1. The van der Waals surface area contributed by atoms with Crippen molar-refractivity contribution in [2.24, 2.45) is 0 Å². The van der Waals surface area contributed by atoms with Gasteiger partial charge in [0, 0.05) is 51.0 Å². The lowest BCUT2D eigenvalue weighted by Crippen LogP contribution is -2.42. The van der Waals surface area contributed by atoms with E-state index < -0.39 is 0 Å². The maximum absolute atomic E-state index is 5.61. The minimum Gasteiger partial charge on any atom is -0.378 e. The van der Waals surface area contributed by atoms with Crippen LogP contribution >= 0.6 is 0 Å². The third-order valence-electron chi connectivity index (χ3n) is 3.98. The summed E-state index contributed by atoms with van der Waals surface area (Å²) in [6.07, 6.45) is 4.68. The monoisotopic (exact) mass is 272 g/mol. The second-order valence-corrected chi connectivity index (χ2v) is 5.35. The van der Waals surface area contributed by atoms with Gasteiger partial charge in [-0.15, -0.1) is 0 Å². The number of methoxy groups -OCH3 is 1. The highest BCUT2D eigenvalue weighted by Crippen LogP contribution is 2.21. The maximum Gasteiger partial charge on any atom is 0.106 e. The third kappa shape index (κ3) is 2.82. The summed E-state index contributed by atoms with van der Waals surface area (Å²) in [6.45, 7) is 3.12. The average molecular weight is 272 g/mol. The van der Waals surface area contributed by atoms with Crippen LogP contribution in [0.25, 0.3) is 10.8 Å². The van der Waals surface area contributed by atoms with Gasteiger partial charge in [0.15, 0.2) is 0 Å². The standard InChI is InChI=1S/C16H20N2O2/c1-19-16(5-7-20-12-16)11-18-9-13-2-3-15-10-17-6-4-14(15)8-13/h2-4,6,8,10,18H,5,7,9,11-12H2,1H3. The first kappa shape index (κ1) is 13.5. The van der Waals surface area contributed by atoms with Gasteiger partial charge in [-0.3, -0.25) is 4.98 Å². The molecule has 106 valence electrons. The highest BCUT2D eigenvalue weighted by molar-refractivity contribution is 5.81. The Morgan fingerprint density at radius 1 is 1.35 bits per heavy atom. The zero-order chi connectivity index (χ0) is 13.8. The molecule has 1 N–H and O–H groups in total. The number of aromatic nitrogens is 1. The smallest absolute Gasteiger partial charge is 0.106 e. The van der Waals surface area contributed by atoms with E-state index in [9.17, 15) is 0 Å². The molecule has 0 amide bonds. The average Bonchev–Trinajstić information content (AvgIpc) is 2.96. The number of nitrogens with one attached hydrogen (secondary N) is 1. The van der Waals surface area contributed by atoms with Gasteiger partial charge in [0.1, 0.15) is 5.60 Å². The predicted octanol–water partition coefficient (Wildman–Crippen LogP) is 2.13. The molecule has 1 aliphatic rings. The molecular formula is C16H20N2O2. The van der Waals surface area contributed by atoms with E-state index in [1.165, 1.54) is 16.3 Å². The summed E-state index contributed by atoms with van der Waals surface area (Å²) in [5.74, 6) is 0. The van der Waals surface area contributed by atoms with Gasteiger partial charge in [0.2, 0.25) is 0 Å². The number of nitrogens with zero attached hydrogens (tertiary/aromatic N) is 1. The Kier molecular flexibility index (Phi) is 3.96. The first-order valence-electron chi connectivity index (χ1n) is 6.98. The van der Waals surface area contributed by atoms with Crippen LogP contribution < -0.4 is 5.32 Å². The molecule has 0 bridgehead atoms. The second kappa shape index (κ2) is 5.87. The van der Waals surface area contributed by atoms with Crippen molar-refractivity contribution < 1.29 is 9.47 Å². The molecule has 3 rings (SSSR count). The second-order valence-electron chi connectivity index (χ2n) is 5.35. The number of rotatable bonds is 5. The van der Waals surface area contributed by atoms with Crippen molar-refractivity contribution in [1.29, 1.82) is 0 Å². The SMILES string of the molecule is COC1(CNCc2ccc3cnccc3c2)CCOC1.